The van der Waals surface area contributed by atoms with Crippen LogP contribution in [0.3, 0.4) is 0 Å². The quantitative estimate of drug-likeness (QED) is 0.794. The van der Waals surface area contributed by atoms with Crippen molar-refractivity contribution in [1.82, 2.24) is 15.6 Å². The van der Waals surface area contributed by atoms with Gasteiger partial charge in [0.25, 0.3) is 5.91 Å². The Morgan fingerprint density at radius 2 is 2.10 bits per heavy atom. The molecule has 4 heteroatoms. The molecule has 1 unspecified atom stereocenters. The maximum absolute atomic E-state index is 12.3. The predicted molar refractivity (Wildman–Crippen MR) is 85.7 cm³/mol. The van der Waals surface area contributed by atoms with Crippen LogP contribution in [0.5, 0.6) is 0 Å². The summed E-state index contributed by atoms with van der Waals surface area (Å²) < 4.78 is 0. The molecular weight excluding hydrogens is 262 g/mol. The number of hydrogen-bond donors (Lipinski definition) is 3. The third kappa shape index (κ3) is 2.95. The summed E-state index contributed by atoms with van der Waals surface area (Å²) in [6, 6.07) is 8.54. The summed E-state index contributed by atoms with van der Waals surface area (Å²) >= 11 is 0. The zero-order valence-corrected chi connectivity index (χ0v) is 12.9. The summed E-state index contributed by atoms with van der Waals surface area (Å²) in [6.07, 6.45) is 1.00. The van der Waals surface area contributed by atoms with Crippen LogP contribution in [0.25, 0.3) is 10.9 Å². The highest BCUT2D eigenvalue weighted by Crippen LogP contribution is 2.26. The van der Waals surface area contributed by atoms with Crippen molar-refractivity contribution >= 4 is 16.8 Å². The molecule has 4 nitrogen and oxygen atoms in total. The molecule has 0 bridgehead atoms. The van der Waals surface area contributed by atoms with Crippen LogP contribution >= 0.6 is 0 Å². The maximum Gasteiger partial charge on any atom is 0.267 e. The molecule has 1 aliphatic heterocycles. The Kier molecular flexibility index (Phi) is 3.49. The minimum Gasteiger partial charge on any atom is -0.351 e. The smallest absolute Gasteiger partial charge is 0.267 e. The van der Waals surface area contributed by atoms with E-state index in [1.54, 1.807) is 0 Å². The van der Waals surface area contributed by atoms with Crippen molar-refractivity contribution in [3.05, 3.63) is 35.5 Å². The highest BCUT2D eigenvalue weighted by molar-refractivity contribution is 5.98. The number of carbonyl (C=O) groups is 1. The van der Waals surface area contributed by atoms with Crippen LogP contribution in [-0.2, 0) is 5.41 Å². The topological polar surface area (TPSA) is 56.9 Å². The van der Waals surface area contributed by atoms with E-state index in [0.717, 1.165) is 30.4 Å². The Morgan fingerprint density at radius 1 is 1.29 bits per heavy atom. The van der Waals surface area contributed by atoms with Crippen molar-refractivity contribution in [3.63, 3.8) is 0 Å². The highest BCUT2D eigenvalue weighted by atomic mass is 16.1. The van der Waals surface area contributed by atoms with Crippen molar-refractivity contribution in [3.8, 4) is 0 Å². The fraction of sp³-hybridized carbons (Fsp3) is 0.471. The van der Waals surface area contributed by atoms with Gasteiger partial charge in [-0.2, -0.15) is 0 Å². The summed E-state index contributed by atoms with van der Waals surface area (Å²) in [7, 11) is 0. The molecule has 2 heterocycles. The van der Waals surface area contributed by atoms with E-state index in [1.165, 1.54) is 5.56 Å². The second kappa shape index (κ2) is 5.19. The number of benzene rings is 1. The third-order valence-corrected chi connectivity index (χ3v) is 4.13. The molecule has 112 valence electrons. The molecule has 3 N–H and O–H groups in total. The lowest BCUT2D eigenvalue weighted by molar-refractivity contribution is 0.0936. The van der Waals surface area contributed by atoms with Crippen LogP contribution in [0.15, 0.2) is 24.3 Å². The van der Waals surface area contributed by atoms with E-state index in [-0.39, 0.29) is 17.4 Å². The van der Waals surface area contributed by atoms with Gasteiger partial charge in [0.1, 0.15) is 5.69 Å². The van der Waals surface area contributed by atoms with E-state index in [9.17, 15) is 4.79 Å². The van der Waals surface area contributed by atoms with Crippen molar-refractivity contribution in [2.75, 3.05) is 13.1 Å². The monoisotopic (exact) mass is 285 g/mol. The molecule has 1 aromatic heterocycles. The Hall–Kier alpha value is -1.81. The maximum atomic E-state index is 12.3. The SMILES string of the molecule is CC(C)(C)c1ccc2cc(C(=O)NC3CCNC3)[nH]c2c1. The van der Waals surface area contributed by atoms with E-state index in [4.69, 9.17) is 0 Å². The second-order valence-corrected chi connectivity index (χ2v) is 6.90. The van der Waals surface area contributed by atoms with Crippen LogP contribution in [0.2, 0.25) is 0 Å². The van der Waals surface area contributed by atoms with E-state index >= 15 is 0 Å². The van der Waals surface area contributed by atoms with E-state index in [0.29, 0.717) is 5.69 Å². The molecule has 1 saturated heterocycles. The number of hydrogen-bond acceptors (Lipinski definition) is 2. The average molecular weight is 285 g/mol. The van der Waals surface area contributed by atoms with Crippen molar-refractivity contribution in [2.24, 2.45) is 0 Å². The van der Waals surface area contributed by atoms with Crippen LogP contribution in [-0.4, -0.2) is 30.0 Å². The molecule has 3 rings (SSSR count). The van der Waals surface area contributed by atoms with Gasteiger partial charge in [0.2, 0.25) is 0 Å². The number of carbonyl (C=O) groups excluding carboxylic acids is 1. The fourth-order valence-corrected chi connectivity index (χ4v) is 2.76. The molecule has 1 amide bonds. The van der Waals surface area contributed by atoms with Crippen LogP contribution in [0.4, 0.5) is 0 Å². The van der Waals surface area contributed by atoms with E-state index in [2.05, 4.69) is 54.6 Å². The number of nitrogens with one attached hydrogen (secondary N) is 3. The summed E-state index contributed by atoms with van der Waals surface area (Å²) in [6.45, 7) is 8.42. The van der Waals surface area contributed by atoms with Crippen molar-refractivity contribution < 1.29 is 4.79 Å². The first-order valence-corrected chi connectivity index (χ1v) is 7.58. The number of rotatable bonds is 2. The first-order chi connectivity index (χ1) is 9.93. The van der Waals surface area contributed by atoms with Gasteiger partial charge in [0, 0.05) is 23.5 Å². The van der Waals surface area contributed by atoms with Crippen LogP contribution < -0.4 is 10.6 Å². The third-order valence-electron chi connectivity index (χ3n) is 4.13. The summed E-state index contributed by atoms with van der Waals surface area (Å²) in [4.78, 5) is 15.5. The zero-order chi connectivity index (χ0) is 15.0. The molecular formula is C17H23N3O. The lowest BCUT2D eigenvalue weighted by Gasteiger charge is -2.18. The lowest BCUT2D eigenvalue weighted by atomic mass is 9.87. The first-order valence-electron chi connectivity index (χ1n) is 7.58. The molecule has 0 aliphatic carbocycles. The Bertz CT molecular complexity index is 660. The molecule has 0 saturated carbocycles. The minimum absolute atomic E-state index is 0.0165. The molecule has 1 aromatic carbocycles. The fourth-order valence-electron chi connectivity index (χ4n) is 2.76. The number of fused-ring (bicyclic) bond motifs is 1. The molecule has 1 aliphatic rings. The van der Waals surface area contributed by atoms with Crippen LogP contribution in [0, 0.1) is 0 Å². The largest absolute Gasteiger partial charge is 0.351 e. The molecule has 21 heavy (non-hydrogen) atoms. The second-order valence-electron chi connectivity index (χ2n) is 6.90. The molecule has 2 aromatic rings. The Labute approximate surface area is 125 Å². The van der Waals surface area contributed by atoms with Gasteiger partial charge < -0.3 is 15.6 Å². The number of aromatic amines is 1. The van der Waals surface area contributed by atoms with Gasteiger partial charge in [-0.25, -0.2) is 0 Å². The van der Waals surface area contributed by atoms with E-state index in [1.807, 2.05) is 6.07 Å². The van der Waals surface area contributed by atoms with E-state index < -0.39 is 0 Å². The van der Waals surface area contributed by atoms with Gasteiger partial charge in [-0.15, -0.1) is 0 Å². The van der Waals surface area contributed by atoms with Crippen LogP contribution in [0.1, 0.15) is 43.2 Å². The normalized spacial score (nSPS) is 19.1. The lowest BCUT2D eigenvalue weighted by Crippen LogP contribution is -2.36. The molecule has 1 atom stereocenters. The zero-order valence-electron chi connectivity index (χ0n) is 12.9. The van der Waals surface area contributed by atoms with Crippen molar-refractivity contribution in [2.45, 2.75) is 38.6 Å². The predicted octanol–water partition coefficient (Wildman–Crippen LogP) is 2.56. The van der Waals surface area contributed by atoms with Gasteiger partial charge >= 0.3 is 0 Å². The van der Waals surface area contributed by atoms with Crippen molar-refractivity contribution in [1.29, 1.82) is 0 Å². The Balaban J connectivity index is 1.84. The van der Waals surface area contributed by atoms with Gasteiger partial charge in [0.15, 0.2) is 0 Å². The standard InChI is InChI=1S/C17H23N3O/c1-17(2,3)12-5-4-11-8-15(20-14(11)9-12)16(21)19-13-6-7-18-10-13/h4-5,8-9,13,18,20H,6-7,10H2,1-3H3,(H,19,21). The number of H-pyrrole nitrogens is 1. The molecule has 0 spiro atoms. The summed E-state index contributed by atoms with van der Waals surface area (Å²) in [5, 5.41) is 7.40. The van der Waals surface area contributed by atoms with Gasteiger partial charge in [0.05, 0.1) is 0 Å². The first kappa shape index (κ1) is 14.1. The number of aromatic nitrogens is 1. The summed E-state index contributed by atoms with van der Waals surface area (Å²) in [5.74, 6) is -0.0165. The van der Waals surface area contributed by atoms with Gasteiger partial charge in [-0.3, -0.25) is 4.79 Å². The van der Waals surface area contributed by atoms with Gasteiger partial charge in [-0.05, 0) is 36.1 Å². The number of amides is 1. The molecule has 0 radical (unpaired) electrons. The average Bonchev–Trinajstić information content (AvgIpc) is 3.04. The summed E-state index contributed by atoms with van der Waals surface area (Å²) in [5.41, 5.74) is 3.04. The Morgan fingerprint density at radius 3 is 2.76 bits per heavy atom. The molecule has 1 fully saturated rings. The highest BCUT2D eigenvalue weighted by Gasteiger charge is 2.19. The minimum atomic E-state index is -0.0165. The van der Waals surface area contributed by atoms with Gasteiger partial charge in [-0.1, -0.05) is 32.9 Å².